The van der Waals surface area contributed by atoms with E-state index in [-0.39, 0.29) is 28.7 Å². The molecule has 0 atom stereocenters. The van der Waals surface area contributed by atoms with E-state index in [9.17, 15) is 18.0 Å². The van der Waals surface area contributed by atoms with Gasteiger partial charge in [-0.05, 0) is 49.4 Å². The predicted molar refractivity (Wildman–Crippen MR) is 125 cm³/mol. The van der Waals surface area contributed by atoms with Crippen LogP contribution in [0.4, 0.5) is 5.69 Å². The Balaban J connectivity index is 1.71. The third-order valence-electron chi connectivity index (χ3n) is 4.91. The third kappa shape index (κ3) is 4.75. The highest BCUT2D eigenvalue weighted by Crippen LogP contribution is 2.25. The molecule has 0 aliphatic heterocycles. The quantitative estimate of drug-likeness (QED) is 0.552. The van der Waals surface area contributed by atoms with E-state index in [4.69, 9.17) is 4.74 Å². The molecule has 0 unspecified atom stereocenters. The molecular weight excluding hydrogens is 440 g/mol. The van der Waals surface area contributed by atoms with Crippen molar-refractivity contribution in [2.75, 3.05) is 11.9 Å². The molecule has 3 aromatic carbocycles. The number of rotatable bonds is 6. The van der Waals surface area contributed by atoms with Crippen molar-refractivity contribution in [2.24, 2.45) is 4.40 Å². The highest BCUT2D eigenvalue weighted by molar-refractivity contribution is 7.90. The molecule has 3 aromatic rings. The van der Waals surface area contributed by atoms with Crippen molar-refractivity contribution < 1.29 is 22.7 Å². The minimum atomic E-state index is -3.98. The fraction of sp³-hybridized carbons (Fsp3) is 0.0800. The first-order valence-corrected chi connectivity index (χ1v) is 11.6. The second kappa shape index (κ2) is 9.22. The lowest BCUT2D eigenvalue weighted by molar-refractivity contribution is 0.0526. The Morgan fingerprint density at radius 3 is 2.21 bits per heavy atom. The van der Waals surface area contributed by atoms with Crippen LogP contribution >= 0.6 is 0 Å². The molecule has 0 aromatic heterocycles. The zero-order valence-corrected chi connectivity index (χ0v) is 18.5. The van der Waals surface area contributed by atoms with Crippen molar-refractivity contribution in [2.45, 2.75) is 11.8 Å². The van der Waals surface area contributed by atoms with Gasteiger partial charge in [0.05, 0.1) is 28.5 Å². The van der Waals surface area contributed by atoms with Crippen molar-refractivity contribution in [3.8, 4) is 0 Å². The average molecular weight is 461 g/mol. The summed E-state index contributed by atoms with van der Waals surface area (Å²) in [6.45, 7) is 2.00. The summed E-state index contributed by atoms with van der Waals surface area (Å²) in [4.78, 5) is 25.0. The molecule has 0 saturated carbocycles. The minimum absolute atomic E-state index is 0.0596. The van der Waals surface area contributed by atoms with Crippen LogP contribution in [0.3, 0.4) is 0 Å². The van der Waals surface area contributed by atoms with Crippen LogP contribution in [0.1, 0.15) is 33.2 Å². The molecule has 0 fully saturated rings. The number of esters is 1. The third-order valence-corrected chi connectivity index (χ3v) is 6.21. The van der Waals surface area contributed by atoms with Crippen LogP contribution in [0.25, 0.3) is 0 Å². The molecule has 1 aliphatic carbocycles. The molecule has 7 nitrogen and oxygen atoms in total. The topological polar surface area (TPSA) is 102 Å². The number of nitrogens with zero attached hydrogens (tertiary/aromatic N) is 1. The summed E-state index contributed by atoms with van der Waals surface area (Å²) in [6.07, 6.45) is 1.42. The van der Waals surface area contributed by atoms with E-state index in [1.165, 1.54) is 18.2 Å². The van der Waals surface area contributed by atoms with Gasteiger partial charge in [0.15, 0.2) is 0 Å². The van der Waals surface area contributed by atoms with Gasteiger partial charge >= 0.3 is 5.97 Å². The Morgan fingerprint density at radius 1 is 0.909 bits per heavy atom. The van der Waals surface area contributed by atoms with Gasteiger partial charge in [-0.1, -0.05) is 42.5 Å². The van der Waals surface area contributed by atoms with Gasteiger partial charge in [0, 0.05) is 16.8 Å². The Morgan fingerprint density at radius 2 is 1.55 bits per heavy atom. The van der Waals surface area contributed by atoms with Crippen LogP contribution in [0.5, 0.6) is 0 Å². The standard InChI is InChI=1S/C25H20N2O5S/c1-2-32-25(29)17-12-14-18(15-13-17)26-23-16-22(20-10-6-7-11-21(20)24(23)28)27-33(30,31)19-8-4-3-5-9-19/h3-16,26H,2H2,1H3. The monoisotopic (exact) mass is 460 g/mol. The molecule has 0 spiro atoms. The van der Waals surface area contributed by atoms with E-state index in [1.54, 1.807) is 73.7 Å². The molecule has 8 heteroatoms. The Bertz CT molecular complexity index is 1380. The number of hydrogen-bond donors (Lipinski definition) is 1. The van der Waals surface area contributed by atoms with Gasteiger partial charge in [-0.25, -0.2) is 4.79 Å². The number of nitrogens with one attached hydrogen (secondary N) is 1. The predicted octanol–water partition coefficient (Wildman–Crippen LogP) is 4.23. The number of carbonyl (C=O) groups is 2. The van der Waals surface area contributed by atoms with E-state index >= 15 is 0 Å². The normalized spacial score (nSPS) is 14.4. The second-order valence-electron chi connectivity index (χ2n) is 7.12. The maximum Gasteiger partial charge on any atom is 0.338 e. The largest absolute Gasteiger partial charge is 0.462 e. The van der Waals surface area contributed by atoms with E-state index in [0.717, 1.165) is 0 Å². The molecule has 1 N–H and O–H groups in total. The lowest BCUT2D eigenvalue weighted by atomic mass is 9.92. The van der Waals surface area contributed by atoms with Gasteiger partial charge in [0.1, 0.15) is 0 Å². The van der Waals surface area contributed by atoms with Crippen molar-refractivity contribution in [1.29, 1.82) is 0 Å². The summed E-state index contributed by atoms with van der Waals surface area (Å²) in [7, 11) is -3.98. The van der Waals surface area contributed by atoms with Gasteiger partial charge in [-0.15, -0.1) is 0 Å². The zero-order chi connectivity index (χ0) is 23.4. The number of ketones is 1. The van der Waals surface area contributed by atoms with Crippen molar-refractivity contribution >= 4 is 33.2 Å². The van der Waals surface area contributed by atoms with Gasteiger partial charge in [0.2, 0.25) is 5.78 Å². The number of Topliss-reactive ketones (excluding diaryl/α,β-unsaturated/α-hetero) is 1. The summed E-state index contributed by atoms with van der Waals surface area (Å²) in [5.41, 5.74) is 2.03. The smallest absolute Gasteiger partial charge is 0.338 e. The first-order valence-electron chi connectivity index (χ1n) is 10.2. The number of ether oxygens (including phenoxy) is 1. The second-order valence-corrected chi connectivity index (χ2v) is 8.72. The molecule has 0 bridgehead atoms. The number of benzene rings is 3. The molecule has 0 heterocycles. The lowest BCUT2D eigenvalue weighted by Gasteiger charge is -2.19. The SMILES string of the molecule is CCOC(=O)c1ccc(NC2=CC(=NS(=O)(=O)c3ccccc3)c3ccccc3C2=O)cc1. The molecule has 1 aliphatic rings. The zero-order valence-electron chi connectivity index (χ0n) is 17.7. The fourth-order valence-corrected chi connectivity index (χ4v) is 4.35. The molecule has 0 saturated heterocycles. The van der Waals surface area contributed by atoms with Crippen LogP contribution in [0, 0.1) is 0 Å². The van der Waals surface area contributed by atoms with Crippen LogP contribution in [0.2, 0.25) is 0 Å². The maximum atomic E-state index is 13.1. The van der Waals surface area contributed by atoms with Crippen LogP contribution in [-0.2, 0) is 14.8 Å². The number of anilines is 1. The summed E-state index contributed by atoms with van der Waals surface area (Å²) in [5.74, 6) is -0.734. The number of sulfonamides is 1. The van der Waals surface area contributed by atoms with E-state index in [0.29, 0.717) is 22.4 Å². The minimum Gasteiger partial charge on any atom is -0.462 e. The van der Waals surface area contributed by atoms with E-state index in [1.807, 2.05) is 0 Å². The Hall–Kier alpha value is -4.04. The summed E-state index contributed by atoms with van der Waals surface area (Å²) >= 11 is 0. The first-order chi connectivity index (χ1) is 15.9. The Labute approximate surface area is 191 Å². The summed E-state index contributed by atoms with van der Waals surface area (Å²) in [6, 6.07) is 21.0. The molecule has 0 amide bonds. The number of carbonyl (C=O) groups excluding carboxylic acids is 2. The van der Waals surface area contributed by atoms with Crippen LogP contribution in [-0.4, -0.2) is 32.5 Å². The highest BCUT2D eigenvalue weighted by atomic mass is 32.2. The number of allylic oxidation sites excluding steroid dienone is 2. The van der Waals surface area contributed by atoms with Crippen molar-refractivity contribution in [1.82, 2.24) is 0 Å². The van der Waals surface area contributed by atoms with Gasteiger partial charge in [0.25, 0.3) is 10.0 Å². The molecule has 33 heavy (non-hydrogen) atoms. The molecular formula is C25H20N2O5S. The Kier molecular flexibility index (Phi) is 6.19. The molecule has 166 valence electrons. The first kappa shape index (κ1) is 22.2. The van der Waals surface area contributed by atoms with E-state index in [2.05, 4.69) is 9.71 Å². The molecule has 0 radical (unpaired) electrons. The van der Waals surface area contributed by atoms with E-state index < -0.39 is 16.0 Å². The van der Waals surface area contributed by atoms with Gasteiger partial charge in [-0.3, -0.25) is 4.79 Å². The van der Waals surface area contributed by atoms with Gasteiger partial charge < -0.3 is 10.1 Å². The summed E-state index contributed by atoms with van der Waals surface area (Å²) in [5, 5.41) is 3.01. The summed E-state index contributed by atoms with van der Waals surface area (Å²) < 4.78 is 34.7. The van der Waals surface area contributed by atoms with Crippen molar-refractivity contribution in [3.05, 3.63) is 107 Å². The average Bonchev–Trinajstić information content (AvgIpc) is 2.83. The molecule has 4 rings (SSSR count). The highest BCUT2D eigenvalue weighted by Gasteiger charge is 2.26. The number of fused-ring (bicyclic) bond motifs is 1. The van der Waals surface area contributed by atoms with Crippen LogP contribution < -0.4 is 5.32 Å². The van der Waals surface area contributed by atoms with Gasteiger partial charge in [-0.2, -0.15) is 12.8 Å². The maximum absolute atomic E-state index is 13.1. The van der Waals surface area contributed by atoms with Crippen molar-refractivity contribution in [3.63, 3.8) is 0 Å². The lowest BCUT2D eigenvalue weighted by Crippen LogP contribution is -2.22. The van der Waals surface area contributed by atoms with Crippen LogP contribution in [0.15, 0.2) is 99.9 Å². The fourth-order valence-electron chi connectivity index (χ4n) is 3.33. The number of hydrogen-bond acceptors (Lipinski definition) is 6.